The van der Waals surface area contributed by atoms with E-state index in [-0.39, 0.29) is 12.3 Å². The number of carboxylic acid groups (broad SMARTS) is 1. The van der Waals surface area contributed by atoms with Crippen LogP contribution in [0.5, 0.6) is 0 Å². The molecule has 1 unspecified atom stereocenters. The van der Waals surface area contributed by atoms with Crippen LogP contribution in [-0.2, 0) is 24.3 Å². The maximum absolute atomic E-state index is 11.6. The molecule has 0 aliphatic carbocycles. The molecular formula is C21H24N4O2. The number of aliphatic carboxylic acids is 1. The first-order valence-electron chi connectivity index (χ1n) is 9.45. The topological polar surface area (TPSA) is 80.0 Å². The summed E-state index contributed by atoms with van der Waals surface area (Å²) in [6, 6.07) is 10.5. The summed E-state index contributed by atoms with van der Waals surface area (Å²) in [5.74, 6) is -1.00. The van der Waals surface area contributed by atoms with Gasteiger partial charge in [0.05, 0.1) is 11.9 Å². The van der Waals surface area contributed by atoms with Crippen LogP contribution in [0.15, 0.2) is 30.3 Å². The minimum Gasteiger partial charge on any atom is -0.481 e. The molecule has 0 fully saturated rings. The van der Waals surface area contributed by atoms with E-state index in [4.69, 9.17) is 0 Å². The standard InChI is InChI=1S/C21H24N4O2/c1-3-25-19-7-6-17(13(2)21(19)23-24-25)18(11-20(26)27)15-5-4-14-8-9-22-12-16(14)10-15/h4-7,10,18,22H,3,8-9,11-12H2,1-2H3,(H,26,27). The molecule has 0 spiro atoms. The lowest BCUT2D eigenvalue weighted by molar-refractivity contribution is -0.137. The minimum atomic E-state index is -0.799. The van der Waals surface area contributed by atoms with E-state index < -0.39 is 5.97 Å². The van der Waals surface area contributed by atoms with Gasteiger partial charge in [0.25, 0.3) is 0 Å². The highest BCUT2D eigenvalue weighted by Gasteiger charge is 2.23. The molecule has 0 bridgehead atoms. The van der Waals surface area contributed by atoms with Gasteiger partial charge in [0.15, 0.2) is 0 Å². The van der Waals surface area contributed by atoms with Crippen molar-refractivity contribution in [2.75, 3.05) is 6.54 Å². The van der Waals surface area contributed by atoms with Gasteiger partial charge in [0.2, 0.25) is 0 Å². The summed E-state index contributed by atoms with van der Waals surface area (Å²) < 4.78 is 1.86. The van der Waals surface area contributed by atoms with Crippen molar-refractivity contribution in [2.45, 2.75) is 45.7 Å². The van der Waals surface area contributed by atoms with Crippen molar-refractivity contribution in [3.63, 3.8) is 0 Å². The second-order valence-corrected chi connectivity index (χ2v) is 7.16. The first-order valence-corrected chi connectivity index (χ1v) is 9.45. The molecule has 2 aromatic carbocycles. The van der Waals surface area contributed by atoms with E-state index >= 15 is 0 Å². The maximum atomic E-state index is 11.6. The summed E-state index contributed by atoms with van der Waals surface area (Å²) >= 11 is 0. The van der Waals surface area contributed by atoms with E-state index in [0.717, 1.165) is 53.8 Å². The second-order valence-electron chi connectivity index (χ2n) is 7.16. The maximum Gasteiger partial charge on any atom is 0.304 e. The van der Waals surface area contributed by atoms with Gasteiger partial charge in [0, 0.05) is 19.0 Å². The average Bonchev–Trinajstić information content (AvgIpc) is 3.10. The van der Waals surface area contributed by atoms with E-state index in [1.54, 1.807) is 0 Å². The fourth-order valence-electron chi connectivity index (χ4n) is 4.09. The lowest BCUT2D eigenvalue weighted by Gasteiger charge is -2.23. The molecule has 1 aromatic heterocycles. The highest BCUT2D eigenvalue weighted by Crippen LogP contribution is 2.34. The zero-order valence-corrected chi connectivity index (χ0v) is 15.7. The number of carboxylic acids is 1. The Balaban J connectivity index is 1.82. The Morgan fingerprint density at radius 2 is 2.15 bits per heavy atom. The molecule has 27 heavy (non-hydrogen) atoms. The zero-order chi connectivity index (χ0) is 19.0. The van der Waals surface area contributed by atoms with Crippen molar-refractivity contribution in [1.29, 1.82) is 0 Å². The molecule has 0 radical (unpaired) electrons. The SMILES string of the molecule is CCn1nnc2c(C)c(C(CC(=O)O)c3ccc4c(c3)CNCC4)ccc21. The van der Waals surface area contributed by atoms with E-state index in [2.05, 4.69) is 33.8 Å². The molecule has 2 N–H and O–H groups in total. The van der Waals surface area contributed by atoms with Crippen molar-refractivity contribution >= 4 is 17.0 Å². The summed E-state index contributed by atoms with van der Waals surface area (Å²) in [6.07, 6.45) is 1.07. The molecule has 0 amide bonds. The number of nitrogens with zero attached hydrogens (tertiary/aromatic N) is 3. The first-order chi connectivity index (χ1) is 13.1. The largest absolute Gasteiger partial charge is 0.481 e. The normalized spacial score (nSPS) is 14.9. The fourth-order valence-corrected chi connectivity index (χ4v) is 4.09. The molecule has 1 aliphatic heterocycles. The Morgan fingerprint density at radius 1 is 1.30 bits per heavy atom. The fraction of sp³-hybridized carbons (Fsp3) is 0.381. The number of benzene rings is 2. The van der Waals surface area contributed by atoms with E-state index in [1.807, 2.05) is 30.7 Å². The quantitative estimate of drug-likeness (QED) is 0.727. The lowest BCUT2D eigenvalue weighted by atomic mass is 9.83. The summed E-state index contributed by atoms with van der Waals surface area (Å²) in [5.41, 5.74) is 7.53. The number of hydrogen-bond donors (Lipinski definition) is 2. The van der Waals surface area contributed by atoms with Gasteiger partial charge < -0.3 is 10.4 Å². The molecule has 0 saturated heterocycles. The molecular weight excluding hydrogens is 340 g/mol. The zero-order valence-electron chi connectivity index (χ0n) is 15.7. The molecule has 0 saturated carbocycles. The molecule has 140 valence electrons. The Kier molecular flexibility index (Phi) is 4.66. The lowest BCUT2D eigenvalue weighted by Crippen LogP contribution is -2.24. The Labute approximate surface area is 158 Å². The third-order valence-electron chi connectivity index (χ3n) is 5.56. The predicted octanol–water partition coefficient (Wildman–Crippen LogP) is 3.01. The number of fused-ring (bicyclic) bond motifs is 2. The number of carbonyl (C=O) groups is 1. The van der Waals surface area contributed by atoms with Crippen LogP contribution in [-0.4, -0.2) is 32.6 Å². The highest BCUT2D eigenvalue weighted by atomic mass is 16.4. The number of rotatable bonds is 5. The first kappa shape index (κ1) is 17.7. The van der Waals surface area contributed by atoms with Gasteiger partial charge in [-0.25, -0.2) is 4.68 Å². The number of aryl methyl sites for hydroxylation is 2. The Morgan fingerprint density at radius 3 is 2.93 bits per heavy atom. The van der Waals surface area contributed by atoms with Crippen LogP contribution >= 0.6 is 0 Å². The van der Waals surface area contributed by atoms with Crippen LogP contribution in [0.2, 0.25) is 0 Å². The van der Waals surface area contributed by atoms with Crippen molar-refractivity contribution < 1.29 is 9.90 Å². The van der Waals surface area contributed by atoms with Gasteiger partial charge in [-0.05, 0) is 60.7 Å². The van der Waals surface area contributed by atoms with Crippen LogP contribution in [0.3, 0.4) is 0 Å². The Bertz CT molecular complexity index is 1010. The van der Waals surface area contributed by atoms with E-state index in [1.165, 1.54) is 11.1 Å². The summed E-state index contributed by atoms with van der Waals surface area (Å²) in [6.45, 7) is 6.64. The van der Waals surface area contributed by atoms with Gasteiger partial charge in [-0.15, -0.1) is 5.10 Å². The molecule has 6 nitrogen and oxygen atoms in total. The van der Waals surface area contributed by atoms with Crippen LogP contribution in [0.1, 0.15) is 47.1 Å². The Hall–Kier alpha value is -2.73. The second kappa shape index (κ2) is 7.12. The van der Waals surface area contributed by atoms with Crippen molar-refractivity contribution in [3.05, 3.63) is 58.1 Å². The van der Waals surface area contributed by atoms with Crippen molar-refractivity contribution in [3.8, 4) is 0 Å². The van der Waals surface area contributed by atoms with Gasteiger partial charge in [-0.2, -0.15) is 0 Å². The summed E-state index contributed by atoms with van der Waals surface area (Å²) in [7, 11) is 0. The van der Waals surface area contributed by atoms with Crippen molar-refractivity contribution in [1.82, 2.24) is 20.3 Å². The molecule has 4 rings (SSSR count). The van der Waals surface area contributed by atoms with Crippen LogP contribution in [0.25, 0.3) is 11.0 Å². The monoisotopic (exact) mass is 364 g/mol. The molecule has 6 heteroatoms. The summed E-state index contributed by atoms with van der Waals surface area (Å²) in [4.78, 5) is 11.6. The number of nitrogens with one attached hydrogen (secondary N) is 1. The molecule has 1 atom stereocenters. The van der Waals surface area contributed by atoms with Gasteiger partial charge in [-0.1, -0.05) is 29.5 Å². The summed E-state index contributed by atoms with van der Waals surface area (Å²) in [5, 5.41) is 21.5. The van der Waals surface area contributed by atoms with E-state index in [0.29, 0.717) is 0 Å². The van der Waals surface area contributed by atoms with Gasteiger partial charge in [-0.3, -0.25) is 4.79 Å². The third kappa shape index (κ3) is 3.21. The van der Waals surface area contributed by atoms with Crippen molar-refractivity contribution in [2.24, 2.45) is 0 Å². The highest BCUT2D eigenvalue weighted by molar-refractivity contribution is 5.80. The van der Waals surface area contributed by atoms with Gasteiger partial charge >= 0.3 is 5.97 Å². The molecule has 1 aliphatic rings. The third-order valence-corrected chi connectivity index (χ3v) is 5.56. The minimum absolute atomic E-state index is 0.0560. The van der Waals surface area contributed by atoms with E-state index in [9.17, 15) is 9.90 Å². The van der Waals surface area contributed by atoms with Crippen LogP contribution < -0.4 is 5.32 Å². The smallest absolute Gasteiger partial charge is 0.304 e. The average molecular weight is 364 g/mol. The van der Waals surface area contributed by atoms with Crippen LogP contribution in [0.4, 0.5) is 0 Å². The van der Waals surface area contributed by atoms with Gasteiger partial charge in [0.1, 0.15) is 5.52 Å². The number of aromatic nitrogens is 3. The predicted molar refractivity (Wildman–Crippen MR) is 104 cm³/mol. The molecule has 3 aromatic rings. The number of hydrogen-bond acceptors (Lipinski definition) is 4. The van der Waals surface area contributed by atoms with Crippen LogP contribution in [0, 0.1) is 6.92 Å². The molecule has 2 heterocycles.